The van der Waals surface area contributed by atoms with Gasteiger partial charge in [-0.3, -0.25) is 9.59 Å². The Morgan fingerprint density at radius 3 is 2.55 bits per heavy atom. The summed E-state index contributed by atoms with van der Waals surface area (Å²) < 4.78 is 26.0. The zero-order chi connectivity index (χ0) is 30.2. The Balaban J connectivity index is 1.02. The topological polar surface area (TPSA) is 110 Å². The molecule has 222 valence electrons. The number of anilines is 3. The first-order valence-corrected chi connectivity index (χ1v) is 14.3. The quantitative estimate of drug-likeness (QED) is 0.259. The summed E-state index contributed by atoms with van der Waals surface area (Å²) in [5, 5.41) is 10.7. The van der Waals surface area contributed by atoms with Crippen LogP contribution in [0.4, 0.5) is 21.7 Å². The molecule has 11 heteroatoms. The average molecular weight is 593 g/mol. The molecule has 0 aliphatic carbocycles. The molecule has 0 saturated carbocycles. The number of benzene rings is 3. The fourth-order valence-corrected chi connectivity index (χ4v) is 5.71. The molecule has 2 aliphatic rings. The molecule has 2 aliphatic heterocycles. The fraction of sp³-hybridized carbons (Fsp3) is 0.212. The smallest absolute Gasteiger partial charge is 0.254 e. The maximum atomic E-state index is 13.1. The van der Waals surface area contributed by atoms with E-state index >= 15 is 0 Å². The summed E-state index contributed by atoms with van der Waals surface area (Å²) in [5.74, 6) is 0.360. The van der Waals surface area contributed by atoms with E-state index in [1.165, 1.54) is 12.1 Å². The minimum atomic E-state index is -0.332. The molecule has 2 bridgehead atoms. The van der Waals surface area contributed by atoms with Crippen molar-refractivity contribution in [1.29, 1.82) is 0 Å². The second kappa shape index (κ2) is 11.4. The minimum absolute atomic E-state index is 0.0237. The van der Waals surface area contributed by atoms with Gasteiger partial charge in [-0.2, -0.15) is 4.98 Å². The van der Waals surface area contributed by atoms with Gasteiger partial charge in [0.2, 0.25) is 11.9 Å². The summed E-state index contributed by atoms with van der Waals surface area (Å²) in [4.78, 5) is 32.0. The van der Waals surface area contributed by atoms with Gasteiger partial charge in [0.05, 0.1) is 38.0 Å². The van der Waals surface area contributed by atoms with Crippen LogP contribution < -0.4 is 15.4 Å². The maximum Gasteiger partial charge on any atom is 0.254 e. The van der Waals surface area contributed by atoms with Crippen LogP contribution in [0.5, 0.6) is 5.75 Å². The molecular weight excluding hydrogens is 563 g/mol. The molecule has 2 saturated heterocycles. The van der Waals surface area contributed by atoms with Gasteiger partial charge in [-0.05, 0) is 72.1 Å². The molecule has 2 aromatic heterocycles. The third kappa shape index (κ3) is 5.57. The lowest BCUT2D eigenvalue weighted by Gasteiger charge is -2.27. The van der Waals surface area contributed by atoms with Crippen molar-refractivity contribution in [3.05, 3.63) is 102 Å². The third-order valence-corrected chi connectivity index (χ3v) is 7.97. The summed E-state index contributed by atoms with van der Waals surface area (Å²) in [5.41, 5.74) is 5.11. The molecule has 2 fully saturated rings. The molecule has 10 nitrogen and oxygen atoms in total. The van der Waals surface area contributed by atoms with Crippen molar-refractivity contribution in [3.8, 4) is 16.9 Å². The van der Waals surface area contributed by atoms with E-state index in [1.807, 2.05) is 47.5 Å². The lowest BCUT2D eigenvalue weighted by atomic mass is 10.1. The Hall–Kier alpha value is -5.29. The van der Waals surface area contributed by atoms with Crippen LogP contribution in [-0.4, -0.2) is 63.7 Å². The number of amides is 2. The summed E-state index contributed by atoms with van der Waals surface area (Å²) >= 11 is 0. The van der Waals surface area contributed by atoms with Gasteiger partial charge in [0.1, 0.15) is 11.6 Å². The number of rotatable bonds is 8. The number of halogens is 1. The van der Waals surface area contributed by atoms with E-state index in [4.69, 9.17) is 9.47 Å². The number of nitrogens with one attached hydrogen (secondary N) is 2. The van der Waals surface area contributed by atoms with Crippen LogP contribution in [0.3, 0.4) is 0 Å². The highest BCUT2D eigenvalue weighted by Gasteiger charge is 2.41. The highest BCUT2D eigenvalue weighted by molar-refractivity contribution is 5.96. The Labute approximate surface area is 252 Å². The third-order valence-electron chi connectivity index (χ3n) is 7.97. The second-order valence-corrected chi connectivity index (χ2v) is 10.9. The monoisotopic (exact) mass is 592 g/mol. The molecule has 2 amide bonds. The van der Waals surface area contributed by atoms with Crippen LogP contribution in [-0.2, 0) is 16.0 Å². The number of aromatic nitrogens is 3. The zero-order valence-corrected chi connectivity index (χ0v) is 23.9. The maximum absolute atomic E-state index is 13.1. The number of methoxy groups -OCH3 is 1. The number of ether oxygens (including phenoxy) is 2. The Morgan fingerprint density at radius 1 is 1.02 bits per heavy atom. The Kier molecular flexibility index (Phi) is 7.15. The lowest BCUT2D eigenvalue weighted by molar-refractivity contribution is -0.115. The van der Waals surface area contributed by atoms with Crippen LogP contribution in [0.25, 0.3) is 16.8 Å². The summed E-state index contributed by atoms with van der Waals surface area (Å²) in [7, 11) is 1.56. The van der Waals surface area contributed by atoms with Crippen LogP contribution in [0.1, 0.15) is 22.3 Å². The predicted molar refractivity (Wildman–Crippen MR) is 163 cm³/mol. The average Bonchev–Trinajstić information content (AvgIpc) is 3.78. The van der Waals surface area contributed by atoms with E-state index in [1.54, 1.807) is 42.0 Å². The highest BCUT2D eigenvalue weighted by Crippen LogP contribution is 2.32. The summed E-state index contributed by atoms with van der Waals surface area (Å²) in [6.07, 6.45) is 3.07. The summed E-state index contributed by atoms with van der Waals surface area (Å²) in [6, 6.07) is 22.7. The second-order valence-electron chi connectivity index (χ2n) is 10.9. The first-order valence-electron chi connectivity index (χ1n) is 14.3. The zero-order valence-electron chi connectivity index (χ0n) is 23.9. The number of carbonyl (C=O) groups is 2. The van der Waals surface area contributed by atoms with Crippen LogP contribution in [0, 0.1) is 5.82 Å². The van der Waals surface area contributed by atoms with Gasteiger partial charge in [-0.25, -0.2) is 8.91 Å². The Bertz CT molecular complexity index is 1860. The SMILES string of the molecule is COc1cc(C(=O)N2C[C@H]3C[C@H]2CO3)ccc1Nc1nc2ccc(-c3ccc(NC(=O)Cc4ccc(F)cc4)cc3)cn2n1. The number of hydrogen-bond donors (Lipinski definition) is 2. The van der Waals surface area contributed by atoms with E-state index in [2.05, 4.69) is 20.7 Å². The standard InChI is InChI=1S/C33H29FN6O4/c1-43-29-15-22(32(42)39-18-27-16-26(39)19-44-27)6-12-28(29)36-33-37-30-13-7-23(17-40(30)38-33)21-4-10-25(11-5-21)35-31(41)14-20-2-8-24(34)9-3-20/h2-13,15,17,26-27H,14,16,18-19H2,1H3,(H,35,41)(H,36,38)/t26-,27+/m0/s1. The van der Waals surface area contributed by atoms with Crippen molar-refractivity contribution in [1.82, 2.24) is 19.5 Å². The molecule has 4 heterocycles. The predicted octanol–water partition coefficient (Wildman–Crippen LogP) is 5.08. The van der Waals surface area contributed by atoms with Gasteiger partial charge in [-0.1, -0.05) is 24.3 Å². The van der Waals surface area contributed by atoms with Crippen LogP contribution in [0.2, 0.25) is 0 Å². The van der Waals surface area contributed by atoms with Crippen molar-refractivity contribution in [2.45, 2.75) is 25.0 Å². The number of pyridine rings is 1. The summed E-state index contributed by atoms with van der Waals surface area (Å²) in [6.45, 7) is 1.22. The molecular formula is C33H29FN6O4. The number of likely N-dealkylation sites (tertiary alicyclic amines) is 1. The molecule has 2 N–H and O–H groups in total. The molecule has 0 radical (unpaired) electrons. The molecule has 3 aromatic carbocycles. The number of carbonyl (C=O) groups excluding carboxylic acids is 2. The molecule has 0 unspecified atom stereocenters. The van der Waals surface area contributed by atoms with E-state index in [0.29, 0.717) is 47.4 Å². The highest BCUT2D eigenvalue weighted by atomic mass is 19.1. The minimum Gasteiger partial charge on any atom is -0.495 e. The van der Waals surface area contributed by atoms with Gasteiger partial charge >= 0.3 is 0 Å². The van der Waals surface area contributed by atoms with Gasteiger partial charge in [0.25, 0.3) is 5.91 Å². The van der Waals surface area contributed by atoms with Crippen molar-refractivity contribution >= 4 is 34.8 Å². The first-order chi connectivity index (χ1) is 21.4. The van der Waals surface area contributed by atoms with Crippen molar-refractivity contribution in [3.63, 3.8) is 0 Å². The van der Waals surface area contributed by atoms with Crippen molar-refractivity contribution in [2.24, 2.45) is 0 Å². The molecule has 0 spiro atoms. The number of morpholine rings is 1. The van der Waals surface area contributed by atoms with E-state index < -0.39 is 0 Å². The van der Waals surface area contributed by atoms with Gasteiger partial charge < -0.3 is 25.0 Å². The molecule has 2 atom stereocenters. The van der Waals surface area contributed by atoms with Gasteiger partial charge in [0.15, 0.2) is 5.65 Å². The number of nitrogens with zero attached hydrogens (tertiary/aromatic N) is 4. The van der Waals surface area contributed by atoms with E-state index in [0.717, 1.165) is 23.1 Å². The van der Waals surface area contributed by atoms with E-state index in [9.17, 15) is 14.0 Å². The largest absolute Gasteiger partial charge is 0.495 e. The van der Waals surface area contributed by atoms with Crippen molar-refractivity contribution < 1.29 is 23.5 Å². The molecule has 5 aromatic rings. The van der Waals surface area contributed by atoms with E-state index in [-0.39, 0.29) is 36.2 Å². The van der Waals surface area contributed by atoms with Gasteiger partial charge in [0, 0.05) is 29.6 Å². The Morgan fingerprint density at radius 2 is 1.82 bits per heavy atom. The normalized spacial score (nSPS) is 17.2. The molecule has 44 heavy (non-hydrogen) atoms. The van der Waals surface area contributed by atoms with Crippen LogP contribution >= 0.6 is 0 Å². The fourth-order valence-electron chi connectivity index (χ4n) is 5.71. The van der Waals surface area contributed by atoms with Crippen LogP contribution in [0.15, 0.2) is 85.1 Å². The molecule has 7 rings (SSSR count). The number of fused-ring (bicyclic) bond motifs is 3. The van der Waals surface area contributed by atoms with Gasteiger partial charge in [-0.15, -0.1) is 5.10 Å². The van der Waals surface area contributed by atoms with Crippen molar-refractivity contribution in [2.75, 3.05) is 30.9 Å². The number of hydrogen-bond acceptors (Lipinski definition) is 7. The first kappa shape index (κ1) is 27.5. The lowest BCUT2D eigenvalue weighted by Crippen LogP contribution is -2.41.